The van der Waals surface area contributed by atoms with Gasteiger partial charge in [0.05, 0.1) is 5.92 Å². The third kappa shape index (κ3) is 4.28. The molecular weight excluding hydrogens is 372 g/mol. The van der Waals surface area contributed by atoms with E-state index in [2.05, 4.69) is 17.0 Å². The molecule has 4 heteroatoms. The number of rotatable bonds is 5. The molecule has 0 N–H and O–H groups in total. The summed E-state index contributed by atoms with van der Waals surface area (Å²) in [5, 5.41) is 0. The Morgan fingerprint density at radius 3 is 2.00 bits per heavy atom. The summed E-state index contributed by atoms with van der Waals surface area (Å²) in [5.74, 6) is -0.183. The van der Waals surface area contributed by atoms with Crippen LogP contribution in [0.2, 0.25) is 0 Å². The van der Waals surface area contributed by atoms with Crippen LogP contribution in [0.15, 0.2) is 84.9 Å². The molecule has 4 nitrogen and oxygen atoms in total. The lowest BCUT2D eigenvalue weighted by atomic mass is 9.94. The number of hydrogen-bond acceptors (Lipinski definition) is 3. The van der Waals surface area contributed by atoms with E-state index in [-0.39, 0.29) is 17.6 Å². The predicted molar refractivity (Wildman–Crippen MR) is 120 cm³/mol. The lowest BCUT2D eigenvalue weighted by Crippen LogP contribution is -2.49. The molecule has 30 heavy (non-hydrogen) atoms. The Kier molecular flexibility index (Phi) is 5.94. The van der Waals surface area contributed by atoms with Gasteiger partial charge in [-0.05, 0) is 30.7 Å². The molecule has 1 unspecified atom stereocenters. The fourth-order valence-electron chi connectivity index (χ4n) is 3.95. The van der Waals surface area contributed by atoms with Crippen molar-refractivity contribution in [3.63, 3.8) is 0 Å². The number of amides is 1. The van der Waals surface area contributed by atoms with Gasteiger partial charge in [-0.2, -0.15) is 0 Å². The van der Waals surface area contributed by atoms with Crippen molar-refractivity contribution in [2.24, 2.45) is 0 Å². The zero-order valence-electron chi connectivity index (χ0n) is 17.2. The van der Waals surface area contributed by atoms with Crippen LogP contribution in [0.3, 0.4) is 0 Å². The molecule has 0 aromatic heterocycles. The number of carbonyl (C=O) groups is 2. The molecule has 0 radical (unpaired) electrons. The standard InChI is InChI=1S/C26H26N2O2/c1-20(22-11-8-12-23(19-22)25(29)21-9-4-2-5-10-21)26(30)28-17-15-27(16-18-28)24-13-6-3-7-14-24/h2-14,19-20H,15-18H2,1H3. The molecule has 0 spiro atoms. The van der Waals surface area contributed by atoms with E-state index in [1.807, 2.05) is 84.6 Å². The fraction of sp³-hybridized carbons (Fsp3) is 0.231. The maximum absolute atomic E-state index is 13.1. The van der Waals surface area contributed by atoms with Gasteiger partial charge in [0.2, 0.25) is 5.91 Å². The van der Waals surface area contributed by atoms with Crippen LogP contribution in [0.4, 0.5) is 5.69 Å². The van der Waals surface area contributed by atoms with Gasteiger partial charge in [0, 0.05) is 43.0 Å². The molecule has 4 rings (SSSR count). The number of carbonyl (C=O) groups excluding carboxylic acids is 2. The number of para-hydroxylation sites is 1. The average Bonchev–Trinajstić information content (AvgIpc) is 2.84. The van der Waals surface area contributed by atoms with Gasteiger partial charge in [0.1, 0.15) is 0 Å². The number of hydrogen-bond donors (Lipinski definition) is 0. The van der Waals surface area contributed by atoms with Crippen LogP contribution in [0.1, 0.15) is 34.3 Å². The van der Waals surface area contributed by atoms with E-state index in [1.54, 1.807) is 0 Å². The van der Waals surface area contributed by atoms with Gasteiger partial charge >= 0.3 is 0 Å². The highest BCUT2D eigenvalue weighted by atomic mass is 16.2. The molecule has 152 valence electrons. The molecule has 1 fully saturated rings. The molecule has 0 saturated carbocycles. The van der Waals surface area contributed by atoms with Gasteiger partial charge in [0.15, 0.2) is 5.78 Å². The van der Waals surface area contributed by atoms with Gasteiger partial charge < -0.3 is 9.80 Å². The largest absolute Gasteiger partial charge is 0.368 e. The molecule has 1 amide bonds. The third-order valence-corrected chi connectivity index (χ3v) is 5.77. The van der Waals surface area contributed by atoms with Crippen LogP contribution in [0.25, 0.3) is 0 Å². The van der Waals surface area contributed by atoms with Crippen LogP contribution in [0, 0.1) is 0 Å². The van der Waals surface area contributed by atoms with Crippen molar-refractivity contribution < 1.29 is 9.59 Å². The first-order valence-corrected chi connectivity index (χ1v) is 10.4. The Balaban J connectivity index is 1.43. The zero-order valence-corrected chi connectivity index (χ0v) is 17.2. The maximum atomic E-state index is 13.1. The minimum absolute atomic E-state index is 0.0198. The van der Waals surface area contributed by atoms with Crippen molar-refractivity contribution in [1.29, 1.82) is 0 Å². The van der Waals surface area contributed by atoms with Gasteiger partial charge in [-0.15, -0.1) is 0 Å². The predicted octanol–water partition coefficient (Wildman–Crippen LogP) is 4.37. The zero-order chi connectivity index (χ0) is 20.9. The van der Waals surface area contributed by atoms with Crippen molar-refractivity contribution in [2.45, 2.75) is 12.8 Å². The number of piperazine rings is 1. The molecule has 1 aliphatic rings. The Labute approximate surface area is 177 Å². The maximum Gasteiger partial charge on any atom is 0.229 e. The molecule has 3 aromatic carbocycles. The Morgan fingerprint density at radius 1 is 0.733 bits per heavy atom. The van der Waals surface area contributed by atoms with Gasteiger partial charge in [-0.1, -0.05) is 66.7 Å². The number of anilines is 1. The van der Waals surface area contributed by atoms with Crippen molar-refractivity contribution in [3.8, 4) is 0 Å². The molecule has 1 aliphatic heterocycles. The molecule has 1 heterocycles. The van der Waals surface area contributed by atoms with Crippen LogP contribution in [0.5, 0.6) is 0 Å². The SMILES string of the molecule is CC(C(=O)N1CCN(c2ccccc2)CC1)c1cccc(C(=O)c2ccccc2)c1. The van der Waals surface area contributed by atoms with Gasteiger partial charge in [-0.25, -0.2) is 0 Å². The van der Waals surface area contributed by atoms with Crippen molar-refractivity contribution in [3.05, 3.63) is 102 Å². The van der Waals surface area contributed by atoms with Crippen LogP contribution in [-0.4, -0.2) is 42.8 Å². The monoisotopic (exact) mass is 398 g/mol. The first kappa shape index (κ1) is 19.9. The second-order valence-corrected chi connectivity index (χ2v) is 7.69. The van der Waals surface area contributed by atoms with E-state index in [0.717, 1.165) is 18.7 Å². The van der Waals surface area contributed by atoms with Gasteiger partial charge in [-0.3, -0.25) is 9.59 Å². The minimum Gasteiger partial charge on any atom is -0.368 e. The van der Waals surface area contributed by atoms with Gasteiger partial charge in [0.25, 0.3) is 0 Å². The summed E-state index contributed by atoms with van der Waals surface area (Å²) in [5.41, 5.74) is 3.36. The molecule has 1 atom stereocenters. The highest BCUT2D eigenvalue weighted by molar-refractivity contribution is 6.09. The summed E-state index contributed by atoms with van der Waals surface area (Å²) in [4.78, 5) is 30.1. The van der Waals surface area contributed by atoms with Crippen molar-refractivity contribution in [1.82, 2.24) is 4.90 Å². The van der Waals surface area contributed by atoms with E-state index in [1.165, 1.54) is 5.69 Å². The Hall–Kier alpha value is -3.40. The van der Waals surface area contributed by atoms with Crippen molar-refractivity contribution in [2.75, 3.05) is 31.1 Å². The topological polar surface area (TPSA) is 40.6 Å². The van der Waals surface area contributed by atoms with Crippen LogP contribution in [-0.2, 0) is 4.79 Å². The first-order valence-electron chi connectivity index (χ1n) is 10.4. The van der Waals surface area contributed by atoms with E-state index >= 15 is 0 Å². The average molecular weight is 399 g/mol. The number of ketones is 1. The Morgan fingerprint density at radius 2 is 1.33 bits per heavy atom. The second kappa shape index (κ2) is 8.95. The Bertz CT molecular complexity index is 1010. The summed E-state index contributed by atoms with van der Waals surface area (Å²) in [6.45, 7) is 5.00. The first-order chi connectivity index (χ1) is 14.6. The summed E-state index contributed by atoms with van der Waals surface area (Å²) >= 11 is 0. The van der Waals surface area contributed by atoms with Crippen LogP contribution >= 0.6 is 0 Å². The lowest BCUT2D eigenvalue weighted by molar-refractivity contribution is -0.132. The number of benzene rings is 3. The minimum atomic E-state index is -0.281. The van der Waals surface area contributed by atoms with E-state index in [9.17, 15) is 9.59 Å². The summed E-state index contributed by atoms with van der Waals surface area (Å²) in [6, 6.07) is 27.0. The summed E-state index contributed by atoms with van der Waals surface area (Å²) < 4.78 is 0. The highest BCUT2D eigenvalue weighted by Crippen LogP contribution is 2.23. The fourth-order valence-corrected chi connectivity index (χ4v) is 3.95. The summed E-state index contributed by atoms with van der Waals surface area (Å²) in [6.07, 6.45) is 0. The smallest absolute Gasteiger partial charge is 0.229 e. The molecule has 3 aromatic rings. The second-order valence-electron chi connectivity index (χ2n) is 7.69. The van der Waals surface area contributed by atoms with Crippen LogP contribution < -0.4 is 4.90 Å². The normalized spacial score (nSPS) is 15.0. The third-order valence-electron chi connectivity index (χ3n) is 5.77. The molecule has 1 saturated heterocycles. The highest BCUT2D eigenvalue weighted by Gasteiger charge is 2.26. The quantitative estimate of drug-likeness (QED) is 0.599. The number of nitrogens with zero attached hydrogens (tertiary/aromatic N) is 2. The molecular formula is C26H26N2O2. The molecule has 0 aliphatic carbocycles. The van der Waals surface area contributed by atoms with E-state index < -0.39 is 0 Å². The van der Waals surface area contributed by atoms with Crippen molar-refractivity contribution >= 4 is 17.4 Å². The van der Waals surface area contributed by atoms with E-state index in [0.29, 0.717) is 24.2 Å². The van der Waals surface area contributed by atoms with E-state index in [4.69, 9.17) is 0 Å². The molecule has 0 bridgehead atoms. The summed E-state index contributed by atoms with van der Waals surface area (Å²) in [7, 11) is 0. The lowest BCUT2D eigenvalue weighted by Gasteiger charge is -2.37.